The summed E-state index contributed by atoms with van der Waals surface area (Å²) in [5, 5.41) is 6.84. The van der Waals surface area contributed by atoms with E-state index in [-0.39, 0.29) is 6.61 Å². The lowest BCUT2D eigenvalue weighted by atomic mass is 10.2. The maximum atomic E-state index is 10.9. The summed E-state index contributed by atoms with van der Waals surface area (Å²) in [6.07, 6.45) is 1.67. The minimum Gasteiger partial charge on any atom is -0.490 e. The average molecular weight is 460 g/mol. The normalized spacial score (nSPS) is 10.8. The van der Waals surface area contributed by atoms with Crippen molar-refractivity contribution < 1.29 is 14.3 Å². The molecule has 128 valence electrons. The molecule has 3 N–H and O–H groups in total. The molecule has 0 aliphatic carbocycles. The number of anilines is 1. The molecule has 0 aliphatic rings. The van der Waals surface area contributed by atoms with E-state index in [4.69, 9.17) is 15.2 Å². The number of hydrazone groups is 1. The maximum Gasteiger partial charge on any atom is 0.255 e. The molecule has 0 atom stereocenters. The maximum absolute atomic E-state index is 10.9. The second-order valence-electron chi connectivity index (χ2n) is 4.68. The molecule has 0 saturated heterocycles. The summed E-state index contributed by atoms with van der Waals surface area (Å²) < 4.78 is 11.8. The first-order chi connectivity index (χ1) is 11.5. The van der Waals surface area contributed by atoms with E-state index in [1.807, 2.05) is 25.3 Å². The van der Waals surface area contributed by atoms with Gasteiger partial charge in [-0.25, -0.2) is 4.98 Å². The number of aromatic nitrogens is 1. The number of carbonyl (C=O) groups excluding carboxylic acids is 1. The number of carbonyl (C=O) groups is 1. The zero-order chi connectivity index (χ0) is 17.5. The molecular formula is C15H17IN4O3S. The number of nitrogens with one attached hydrogen (secondary N) is 1. The number of hydrogen-bond acceptors (Lipinski definition) is 7. The molecule has 1 heterocycles. The zero-order valence-corrected chi connectivity index (χ0v) is 16.2. The van der Waals surface area contributed by atoms with Crippen LogP contribution in [0.25, 0.3) is 0 Å². The summed E-state index contributed by atoms with van der Waals surface area (Å²) in [5.74, 6) is 0.496. The molecule has 2 aromatic rings. The van der Waals surface area contributed by atoms with E-state index in [2.05, 4.69) is 38.1 Å². The first-order valence-electron chi connectivity index (χ1n) is 7.08. The number of hydrogen-bond donors (Lipinski definition) is 2. The fourth-order valence-corrected chi connectivity index (χ4v) is 3.19. The Morgan fingerprint density at radius 2 is 2.29 bits per heavy atom. The highest BCUT2D eigenvalue weighted by Crippen LogP contribution is 2.33. The van der Waals surface area contributed by atoms with Crippen molar-refractivity contribution in [2.75, 3.05) is 18.6 Å². The van der Waals surface area contributed by atoms with Gasteiger partial charge >= 0.3 is 0 Å². The Labute approximate surface area is 157 Å². The highest BCUT2D eigenvalue weighted by atomic mass is 127. The predicted octanol–water partition coefficient (Wildman–Crippen LogP) is 2.76. The lowest BCUT2D eigenvalue weighted by Crippen LogP contribution is -2.20. The molecule has 0 fully saturated rings. The largest absolute Gasteiger partial charge is 0.490 e. The minimum absolute atomic E-state index is 0.200. The van der Waals surface area contributed by atoms with Gasteiger partial charge in [0, 0.05) is 5.38 Å². The van der Waals surface area contributed by atoms with Crippen LogP contribution >= 0.6 is 33.9 Å². The van der Waals surface area contributed by atoms with E-state index in [9.17, 15) is 4.79 Å². The lowest BCUT2D eigenvalue weighted by molar-refractivity contribution is -0.119. The first kappa shape index (κ1) is 18.5. The molecule has 1 amide bonds. The number of halogens is 1. The Hall–Kier alpha value is -1.88. The number of aryl methyl sites for hydroxylation is 1. The Balaban J connectivity index is 2.16. The van der Waals surface area contributed by atoms with Crippen molar-refractivity contribution in [2.45, 2.75) is 13.8 Å². The molecule has 0 radical (unpaired) electrons. The molecule has 2 rings (SSSR count). The fraction of sp³-hybridized carbons (Fsp3) is 0.267. The molecule has 9 heteroatoms. The van der Waals surface area contributed by atoms with E-state index in [0.29, 0.717) is 18.1 Å². The highest BCUT2D eigenvalue weighted by molar-refractivity contribution is 14.1. The zero-order valence-electron chi connectivity index (χ0n) is 13.2. The molecule has 0 bridgehead atoms. The van der Waals surface area contributed by atoms with Gasteiger partial charge in [0.05, 0.1) is 22.1 Å². The summed E-state index contributed by atoms with van der Waals surface area (Å²) >= 11 is 3.60. The second kappa shape index (κ2) is 8.83. The van der Waals surface area contributed by atoms with Crippen LogP contribution in [0.2, 0.25) is 0 Å². The van der Waals surface area contributed by atoms with Crippen molar-refractivity contribution in [1.29, 1.82) is 0 Å². The van der Waals surface area contributed by atoms with Gasteiger partial charge in [0.15, 0.2) is 18.1 Å². The number of amides is 1. The lowest BCUT2D eigenvalue weighted by Gasteiger charge is -2.13. The highest BCUT2D eigenvalue weighted by Gasteiger charge is 2.12. The van der Waals surface area contributed by atoms with Crippen molar-refractivity contribution in [3.63, 3.8) is 0 Å². The smallest absolute Gasteiger partial charge is 0.255 e. The third-order valence-electron chi connectivity index (χ3n) is 2.68. The van der Waals surface area contributed by atoms with Crippen molar-refractivity contribution in [3.8, 4) is 11.5 Å². The summed E-state index contributed by atoms with van der Waals surface area (Å²) in [6, 6.07) is 3.66. The summed E-state index contributed by atoms with van der Waals surface area (Å²) in [6.45, 7) is 4.07. The van der Waals surface area contributed by atoms with E-state index in [1.54, 1.807) is 12.3 Å². The molecule has 0 spiro atoms. The van der Waals surface area contributed by atoms with Crippen LogP contribution in [0.4, 0.5) is 5.13 Å². The number of rotatable bonds is 8. The Bertz CT molecular complexity index is 748. The molecular weight excluding hydrogens is 443 g/mol. The quantitative estimate of drug-likeness (QED) is 0.359. The van der Waals surface area contributed by atoms with Gasteiger partial charge in [0.2, 0.25) is 5.13 Å². The Kier molecular flexibility index (Phi) is 6.79. The van der Waals surface area contributed by atoms with E-state index in [0.717, 1.165) is 20.0 Å². The fourth-order valence-electron chi connectivity index (χ4n) is 1.78. The van der Waals surface area contributed by atoms with E-state index >= 15 is 0 Å². The predicted molar refractivity (Wildman–Crippen MR) is 103 cm³/mol. The average Bonchev–Trinajstić information content (AvgIpc) is 2.92. The van der Waals surface area contributed by atoms with Crippen LogP contribution in [0.3, 0.4) is 0 Å². The van der Waals surface area contributed by atoms with Gasteiger partial charge in [-0.3, -0.25) is 10.2 Å². The third kappa shape index (κ3) is 5.34. The van der Waals surface area contributed by atoms with Gasteiger partial charge in [0.1, 0.15) is 0 Å². The van der Waals surface area contributed by atoms with Crippen molar-refractivity contribution >= 4 is 51.2 Å². The van der Waals surface area contributed by atoms with E-state index < -0.39 is 5.91 Å². The number of benzene rings is 1. The first-order valence-corrected chi connectivity index (χ1v) is 9.04. The van der Waals surface area contributed by atoms with Crippen LogP contribution in [0, 0.1) is 10.5 Å². The molecule has 0 saturated carbocycles. The van der Waals surface area contributed by atoms with Crippen LogP contribution in [0.5, 0.6) is 11.5 Å². The SMILES string of the molecule is CCOc1cc(C=NNc2nc(C)cs2)cc(I)c1OCC(N)=O. The molecule has 0 unspecified atom stereocenters. The standard InChI is InChI=1S/C15H17IN4O3S/c1-3-22-12-5-10(4-11(16)14(12)23-7-13(17)21)6-18-20-15-19-9(2)8-24-15/h4-6,8H,3,7H2,1-2H3,(H2,17,21)(H,19,20). The Morgan fingerprint density at radius 3 is 2.92 bits per heavy atom. The van der Waals surface area contributed by atoms with Gasteiger partial charge in [0.25, 0.3) is 5.91 Å². The van der Waals surface area contributed by atoms with Gasteiger partial charge in [-0.2, -0.15) is 5.10 Å². The van der Waals surface area contributed by atoms with Gasteiger partial charge in [-0.05, 0) is 54.1 Å². The molecule has 1 aromatic heterocycles. The number of thiazole rings is 1. The van der Waals surface area contributed by atoms with Crippen molar-refractivity contribution in [2.24, 2.45) is 10.8 Å². The van der Waals surface area contributed by atoms with Crippen LogP contribution in [0.15, 0.2) is 22.6 Å². The third-order valence-corrected chi connectivity index (χ3v) is 4.35. The molecule has 1 aromatic carbocycles. The summed E-state index contributed by atoms with van der Waals surface area (Å²) in [4.78, 5) is 15.2. The van der Waals surface area contributed by atoms with Crippen LogP contribution in [-0.4, -0.2) is 30.3 Å². The van der Waals surface area contributed by atoms with Gasteiger partial charge in [-0.15, -0.1) is 11.3 Å². The monoisotopic (exact) mass is 460 g/mol. The Morgan fingerprint density at radius 1 is 1.50 bits per heavy atom. The number of ether oxygens (including phenoxy) is 2. The van der Waals surface area contributed by atoms with Gasteiger partial charge in [-0.1, -0.05) is 0 Å². The van der Waals surface area contributed by atoms with Crippen molar-refractivity contribution in [3.05, 3.63) is 32.3 Å². The molecule has 0 aliphatic heterocycles. The van der Waals surface area contributed by atoms with Crippen LogP contribution < -0.4 is 20.6 Å². The number of nitrogens with zero attached hydrogens (tertiary/aromatic N) is 2. The van der Waals surface area contributed by atoms with E-state index in [1.165, 1.54) is 11.3 Å². The number of primary amides is 1. The van der Waals surface area contributed by atoms with Gasteiger partial charge < -0.3 is 15.2 Å². The molecule has 24 heavy (non-hydrogen) atoms. The topological polar surface area (TPSA) is 98.8 Å². The van der Waals surface area contributed by atoms with Crippen LogP contribution in [0.1, 0.15) is 18.2 Å². The number of nitrogens with two attached hydrogens (primary N) is 1. The van der Waals surface area contributed by atoms with Crippen molar-refractivity contribution in [1.82, 2.24) is 4.98 Å². The summed E-state index contributed by atoms with van der Waals surface area (Å²) in [7, 11) is 0. The minimum atomic E-state index is -0.540. The second-order valence-corrected chi connectivity index (χ2v) is 6.70. The van der Waals surface area contributed by atoms with Crippen LogP contribution in [-0.2, 0) is 4.79 Å². The molecule has 7 nitrogen and oxygen atoms in total. The summed E-state index contributed by atoms with van der Waals surface area (Å²) in [5.41, 5.74) is 9.78.